The Morgan fingerprint density at radius 2 is 1.24 bits per heavy atom. The summed E-state index contributed by atoms with van der Waals surface area (Å²) < 4.78 is 0. The highest BCUT2D eigenvalue weighted by molar-refractivity contribution is 7.17. The molecule has 4 amide bonds. The van der Waals surface area contributed by atoms with Gasteiger partial charge in [0, 0.05) is 43.7 Å². The summed E-state index contributed by atoms with van der Waals surface area (Å²) in [6.07, 6.45) is 11.9. The van der Waals surface area contributed by atoms with E-state index in [2.05, 4.69) is 70.3 Å². The standard InChI is InChI=1S/C20H24N6OS2.C17H20N4O3S/c1-14-5-7-16(17(11-14)26-9-3-2-4-10-26)23-19(27)24-20-21-12-15(29-20)6-8-18-25-22-13-28-18;1-11-5-6-12(13(9-11)21-7-3-2-4-8-21)19-16(24)20-17-18-10-14(25-17)15(22)23/h5,7,11-13H,2-4,6,8-10H2,1H3,(H2,21,23,24,27);5-6,9-10H,2-4,7-8H2,1H3,(H,22,23)(H2,18,19,20,24). The summed E-state index contributed by atoms with van der Waals surface area (Å²) >= 11 is 3.97. The van der Waals surface area contributed by atoms with Gasteiger partial charge in [-0.15, -0.1) is 32.9 Å². The smallest absolute Gasteiger partial charge is 0.347 e. The number of anilines is 6. The lowest BCUT2D eigenvalue weighted by atomic mass is 10.1. The van der Waals surface area contributed by atoms with Gasteiger partial charge in [-0.05, 0) is 94.2 Å². The zero-order valence-corrected chi connectivity index (χ0v) is 32.7. The van der Waals surface area contributed by atoms with Crippen molar-refractivity contribution in [3.05, 3.63) is 80.2 Å². The zero-order valence-electron chi connectivity index (χ0n) is 30.3. The van der Waals surface area contributed by atoms with E-state index < -0.39 is 12.0 Å². The Labute approximate surface area is 326 Å². The van der Waals surface area contributed by atoms with Gasteiger partial charge >= 0.3 is 18.0 Å². The number of nitrogens with one attached hydrogen (secondary N) is 4. The molecular weight excluding hydrogens is 745 g/mol. The highest BCUT2D eigenvalue weighted by Crippen LogP contribution is 2.32. The van der Waals surface area contributed by atoms with Gasteiger partial charge in [0.2, 0.25) is 0 Å². The van der Waals surface area contributed by atoms with E-state index in [1.54, 1.807) is 16.8 Å². The molecule has 284 valence electrons. The number of carbonyl (C=O) groups is 3. The fourth-order valence-corrected chi connectivity index (χ4v) is 8.22. The molecule has 7 rings (SSSR count). The number of piperidine rings is 2. The monoisotopic (exact) mass is 788 g/mol. The maximum atomic E-state index is 12.6. The first-order chi connectivity index (χ1) is 26.2. The lowest BCUT2D eigenvalue weighted by Gasteiger charge is -2.30. The van der Waals surface area contributed by atoms with Crippen LogP contribution in [0.25, 0.3) is 0 Å². The minimum absolute atomic E-state index is 0.0830. The maximum Gasteiger partial charge on any atom is 0.347 e. The molecular formula is C37H44N10O4S3. The first-order valence-corrected chi connectivity index (χ1v) is 20.5. The Hall–Kier alpha value is -5.13. The average Bonchev–Trinajstić information content (AvgIpc) is 3.97. The van der Waals surface area contributed by atoms with Crippen LogP contribution in [0.15, 0.2) is 54.3 Å². The van der Waals surface area contributed by atoms with Crippen LogP contribution in [0.5, 0.6) is 0 Å². The molecule has 0 spiro atoms. The zero-order chi connectivity index (χ0) is 37.9. The number of aryl methyl sites for hydroxylation is 4. The van der Waals surface area contributed by atoms with Crippen LogP contribution >= 0.6 is 34.0 Å². The molecule has 0 radical (unpaired) electrons. The Balaban J connectivity index is 0.000000186. The number of carboxylic acid groups (broad SMARTS) is 1. The van der Waals surface area contributed by atoms with Crippen LogP contribution in [0, 0.1) is 13.8 Å². The second-order valence-corrected chi connectivity index (χ2v) is 16.2. The van der Waals surface area contributed by atoms with Gasteiger partial charge < -0.3 is 25.5 Å². The SMILES string of the molecule is Cc1ccc(NC(=O)Nc2ncc(C(=O)O)s2)c(N2CCCCC2)c1.Cc1ccc(NC(=O)Nc2ncc(CCc3nncs3)s2)c(N2CCCCC2)c1. The van der Waals surface area contributed by atoms with Crippen molar-refractivity contribution in [2.75, 3.05) is 57.2 Å². The molecule has 5 heterocycles. The van der Waals surface area contributed by atoms with Crippen LogP contribution in [0.4, 0.5) is 42.6 Å². The average molecular weight is 789 g/mol. The normalized spacial score (nSPS) is 14.1. The van der Waals surface area contributed by atoms with Crippen molar-refractivity contribution in [2.45, 2.75) is 65.2 Å². The number of carboxylic acids is 1. The number of urea groups is 2. The molecule has 17 heteroatoms. The summed E-state index contributed by atoms with van der Waals surface area (Å²) in [5.41, 5.74) is 7.75. The third kappa shape index (κ3) is 11.0. The van der Waals surface area contributed by atoms with Gasteiger partial charge in [-0.3, -0.25) is 10.6 Å². The Kier molecular flexibility index (Phi) is 13.4. The molecule has 2 fully saturated rings. The van der Waals surface area contributed by atoms with Crippen LogP contribution in [-0.2, 0) is 12.8 Å². The van der Waals surface area contributed by atoms with Crippen molar-refractivity contribution in [1.29, 1.82) is 0 Å². The quantitative estimate of drug-likeness (QED) is 0.0922. The van der Waals surface area contributed by atoms with E-state index in [0.29, 0.717) is 5.13 Å². The highest BCUT2D eigenvalue weighted by Gasteiger charge is 2.19. The molecule has 0 saturated carbocycles. The van der Waals surface area contributed by atoms with E-state index in [0.717, 1.165) is 101 Å². The van der Waals surface area contributed by atoms with Gasteiger partial charge in [0.25, 0.3) is 0 Å². The second kappa shape index (κ2) is 18.8. The number of aromatic carboxylic acids is 1. The summed E-state index contributed by atoms with van der Waals surface area (Å²) in [5, 5.41) is 30.0. The number of amides is 4. The maximum absolute atomic E-state index is 12.6. The van der Waals surface area contributed by atoms with Crippen molar-refractivity contribution < 1.29 is 19.5 Å². The van der Waals surface area contributed by atoms with Gasteiger partial charge in [-0.2, -0.15) is 0 Å². The van der Waals surface area contributed by atoms with Crippen LogP contribution < -0.4 is 31.1 Å². The number of rotatable bonds is 10. The summed E-state index contributed by atoms with van der Waals surface area (Å²) in [6, 6.07) is 11.4. The Morgan fingerprint density at radius 3 is 1.74 bits per heavy atom. The number of hydrogen-bond donors (Lipinski definition) is 5. The van der Waals surface area contributed by atoms with E-state index in [9.17, 15) is 14.4 Å². The second-order valence-electron chi connectivity index (χ2n) is 13.1. The van der Waals surface area contributed by atoms with Gasteiger partial charge in [0.1, 0.15) is 15.4 Å². The lowest BCUT2D eigenvalue weighted by Crippen LogP contribution is -2.31. The predicted octanol–water partition coefficient (Wildman–Crippen LogP) is 8.51. The summed E-state index contributed by atoms with van der Waals surface area (Å²) in [6.45, 7) is 8.13. The largest absolute Gasteiger partial charge is 0.477 e. The number of nitrogens with zero attached hydrogens (tertiary/aromatic N) is 6. The third-order valence-corrected chi connectivity index (χ3v) is 11.5. The minimum Gasteiger partial charge on any atom is -0.477 e. The van der Waals surface area contributed by atoms with Crippen molar-refractivity contribution in [3.63, 3.8) is 0 Å². The van der Waals surface area contributed by atoms with E-state index in [1.165, 1.54) is 48.8 Å². The van der Waals surface area contributed by atoms with Gasteiger partial charge in [-0.1, -0.05) is 23.5 Å². The molecule has 0 atom stereocenters. The van der Waals surface area contributed by atoms with Crippen molar-refractivity contribution in [2.24, 2.45) is 0 Å². The Bertz CT molecular complexity index is 2020. The van der Waals surface area contributed by atoms with Crippen molar-refractivity contribution >= 4 is 85.1 Å². The first-order valence-electron chi connectivity index (χ1n) is 18.0. The van der Waals surface area contributed by atoms with Gasteiger partial charge in [-0.25, -0.2) is 24.4 Å². The summed E-state index contributed by atoms with van der Waals surface area (Å²) in [5.74, 6) is -1.06. The topological polar surface area (TPSA) is 178 Å². The van der Waals surface area contributed by atoms with E-state index in [1.807, 2.05) is 37.4 Å². The van der Waals surface area contributed by atoms with Crippen LogP contribution in [0.3, 0.4) is 0 Å². The van der Waals surface area contributed by atoms with Crippen LogP contribution in [0.2, 0.25) is 0 Å². The molecule has 2 aromatic carbocycles. The highest BCUT2D eigenvalue weighted by atomic mass is 32.1. The predicted molar refractivity (Wildman–Crippen MR) is 218 cm³/mol. The number of carbonyl (C=O) groups excluding carboxylic acids is 2. The molecule has 3 aromatic heterocycles. The number of hydrogen-bond acceptors (Lipinski definition) is 12. The molecule has 2 aliphatic rings. The third-order valence-electron chi connectivity index (χ3n) is 8.90. The molecule has 54 heavy (non-hydrogen) atoms. The van der Waals surface area contributed by atoms with Crippen molar-refractivity contribution in [1.82, 2.24) is 20.2 Å². The number of thiazole rings is 2. The summed E-state index contributed by atoms with van der Waals surface area (Å²) in [7, 11) is 0. The van der Waals surface area contributed by atoms with Crippen LogP contribution in [0.1, 0.15) is 69.2 Å². The summed E-state index contributed by atoms with van der Waals surface area (Å²) in [4.78, 5) is 49.8. The van der Waals surface area contributed by atoms with E-state index >= 15 is 0 Å². The molecule has 0 bridgehead atoms. The lowest BCUT2D eigenvalue weighted by molar-refractivity contribution is 0.0701. The number of aromatic nitrogens is 4. The molecule has 0 unspecified atom stereocenters. The Morgan fingerprint density at radius 1 is 0.704 bits per heavy atom. The number of benzene rings is 2. The molecule has 2 aliphatic heterocycles. The molecule has 2 saturated heterocycles. The molecule has 5 N–H and O–H groups in total. The molecule has 5 aromatic rings. The minimum atomic E-state index is -1.06. The van der Waals surface area contributed by atoms with Gasteiger partial charge in [0.05, 0.1) is 28.9 Å². The van der Waals surface area contributed by atoms with Gasteiger partial charge in [0.15, 0.2) is 10.3 Å². The van der Waals surface area contributed by atoms with Crippen LogP contribution in [-0.4, -0.2) is 69.5 Å². The molecule has 0 aliphatic carbocycles. The molecule has 14 nitrogen and oxygen atoms in total. The van der Waals surface area contributed by atoms with Crippen molar-refractivity contribution in [3.8, 4) is 0 Å². The fourth-order valence-electron chi connectivity index (χ4n) is 6.24. The fraction of sp³-hybridized carbons (Fsp3) is 0.378. The van der Waals surface area contributed by atoms with E-state index in [-0.39, 0.29) is 16.0 Å². The van der Waals surface area contributed by atoms with E-state index in [4.69, 9.17) is 5.11 Å². The first kappa shape index (κ1) is 38.6.